The summed E-state index contributed by atoms with van der Waals surface area (Å²) in [4.78, 5) is 21.6. The Kier molecular flexibility index (Phi) is 6.00. The number of nitrogens with one attached hydrogen (secondary N) is 2. The summed E-state index contributed by atoms with van der Waals surface area (Å²) in [6.45, 7) is 9.52. The maximum absolute atomic E-state index is 12.4. The van der Waals surface area contributed by atoms with Crippen molar-refractivity contribution in [1.82, 2.24) is 30.0 Å². The zero-order valence-corrected chi connectivity index (χ0v) is 15.3. The van der Waals surface area contributed by atoms with Crippen molar-refractivity contribution < 1.29 is 4.79 Å². The zero-order chi connectivity index (χ0) is 17.7. The first kappa shape index (κ1) is 18.0. The van der Waals surface area contributed by atoms with Crippen molar-refractivity contribution in [2.24, 2.45) is 0 Å². The third kappa shape index (κ3) is 4.59. The average Bonchev–Trinajstić information content (AvgIpc) is 3.10. The first-order valence-electron chi connectivity index (χ1n) is 8.45. The minimum Gasteiger partial charge on any atom is -0.344 e. The highest BCUT2D eigenvalue weighted by Gasteiger charge is 2.17. The van der Waals surface area contributed by atoms with Gasteiger partial charge in [0.2, 0.25) is 0 Å². The van der Waals surface area contributed by atoms with Crippen LogP contribution in [0.2, 0.25) is 0 Å². The van der Waals surface area contributed by atoms with Crippen LogP contribution in [-0.2, 0) is 6.54 Å². The van der Waals surface area contributed by atoms with Crippen LogP contribution in [0.15, 0.2) is 12.3 Å². The molecular weight excluding hydrogens is 304 g/mol. The van der Waals surface area contributed by atoms with Crippen LogP contribution >= 0.6 is 0 Å². The van der Waals surface area contributed by atoms with E-state index < -0.39 is 0 Å². The molecule has 2 amide bonds. The van der Waals surface area contributed by atoms with Crippen LogP contribution in [0, 0.1) is 20.8 Å². The Hall–Kier alpha value is -2.31. The topological polar surface area (TPSA) is 78.8 Å². The van der Waals surface area contributed by atoms with Gasteiger partial charge in [0.15, 0.2) is 0 Å². The third-order valence-corrected chi connectivity index (χ3v) is 4.07. The Balaban J connectivity index is 1.81. The normalized spacial score (nSPS) is 12.2. The van der Waals surface area contributed by atoms with Gasteiger partial charge in [-0.05, 0) is 39.7 Å². The lowest BCUT2D eigenvalue weighted by molar-refractivity contribution is 0.202. The fourth-order valence-corrected chi connectivity index (χ4v) is 2.69. The summed E-state index contributed by atoms with van der Waals surface area (Å²) < 4.78 is 1.99. The highest BCUT2D eigenvalue weighted by Crippen LogP contribution is 2.13. The number of rotatable bonds is 7. The number of nitrogens with zero attached hydrogens (tertiary/aromatic N) is 4. The lowest BCUT2D eigenvalue weighted by Gasteiger charge is -2.22. The highest BCUT2D eigenvalue weighted by molar-refractivity contribution is 5.74. The number of carbonyl (C=O) groups excluding carboxylic acids is 1. The summed E-state index contributed by atoms with van der Waals surface area (Å²) in [5.41, 5.74) is 3.17. The van der Waals surface area contributed by atoms with E-state index in [0.717, 1.165) is 42.3 Å². The van der Waals surface area contributed by atoms with Crippen molar-refractivity contribution in [3.8, 4) is 0 Å². The van der Waals surface area contributed by atoms with Gasteiger partial charge < -0.3 is 15.2 Å². The summed E-state index contributed by atoms with van der Waals surface area (Å²) in [6.07, 6.45) is 3.43. The highest BCUT2D eigenvalue weighted by atomic mass is 16.2. The number of aryl methyl sites for hydroxylation is 4. The van der Waals surface area contributed by atoms with Gasteiger partial charge in [0.25, 0.3) is 0 Å². The van der Waals surface area contributed by atoms with E-state index in [1.165, 1.54) is 0 Å². The summed E-state index contributed by atoms with van der Waals surface area (Å²) >= 11 is 0. The first-order chi connectivity index (χ1) is 11.4. The number of urea groups is 1. The molecule has 0 aromatic carbocycles. The molecule has 2 heterocycles. The molecule has 0 aliphatic carbocycles. The smallest absolute Gasteiger partial charge is 0.317 e. The Morgan fingerprint density at radius 2 is 2.17 bits per heavy atom. The molecule has 132 valence electrons. The molecule has 2 aromatic heterocycles. The maximum atomic E-state index is 12.4. The van der Waals surface area contributed by atoms with Crippen LogP contribution in [0.4, 0.5) is 4.79 Å². The fraction of sp³-hybridized carbons (Fsp3) is 0.588. The van der Waals surface area contributed by atoms with Gasteiger partial charge in [-0.2, -0.15) is 5.10 Å². The van der Waals surface area contributed by atoms with E-state index in [2.05, 4.69) is 26.4 Å². The van der Waals surface area contributed by atoms with Gasteiger partial charge in [-0.15, -0.1) is 0 Å². The monoisotopic (exact) mass is 332 g/mol. The Morgan fingerprint density at radius 3 is 2.71 bits per heavy atom. The van der Waals surface area contributed by atoms with Crippen molar-refractivity contribution in [3.05, 3.63) is 35.2 Å². The van der Waals surface area contributed by atoms with Gasteiger partial charge in [0.1, 0.15) is 5.82 Å². The third-order valence-electron chi connectivity index (χ3n) is 4.07. The number of hydrogen-bond acceptors (Lipinski definition) is 3. The SMILES string of the molecule is CC[C@H](NC(=O)N(C)CCCn1nc(C)cc1C)c1ncc(C)[nH]1. The molecule has 0 radical (unpaired) electrons. The molecular formula is C17H28N6O. The van der Waals surface area contributed by atoms with Crippen LogP contribution in [0.1, 0.15) is 48.7 Å². The number of imidazole rings is 1. The molecule has 0 saturated heterocycles. The second-order valence-corrected chi connectivity index (χ2v) is 6.29. The average molecular weight is 332 g/mol. The van der Waals surface area contributed by atoms with Gasteiger partial charge in [-0.25, -0.2) is 9.78 Å². The second-order valence-electron chi connectivity index (χ2n) is 6.29. The fourth-order valence-electron chi connectivity index (χ4n) is 2.69. The molecule has 0 saturated carbocycles. The maximum Gasteiger partial charge on any atom is 0.317 e. The number of amides is 2. The molecule has 0 fully saturated rings. The predicted molar refractivity (Wildman–Crippen MR) is 93.8 cm³/mol. The molecule has 24 heavy (non-hydrogen) atoms. The van der Waals surface area contributed by atoms with Crippen LogP contribution in [0.3, 0.4) is 0 Å². The van der Waals surface area contributed by atoms with E-state index in [1.807, 2.05) is 39.4 Å². The number of aromatic nitrogens is 4. The van der Waals surface area contributed by atoms with Crippen molar-refractivity contribution >= 4 is 6.03 Å². The summed E-state index contributed by atoms with van der Waals surface area (Å²) in [6, 6.07) is 1.89. The number of hydrogen-bond donors (Lipinski definition) is 2. The molecule has 0 bridgehead atoms. The molecule has 2 aromatic rings. The van der Waals surface area contributed by atoms with Crippen LogP contribution in [0.25, 0.3) is 0 Å². The molecule has 2 rings (SSSR count). The zero-order valence-electron chi connectivity index (χ0n) is 15.3. The molecule has 0 aliphatic heterocycles. The predicted octanol–water partition coefficient (Wildman–Crippen LogP) is 2.71. The Bertz CT molecular complexity index is 674. The molecule has 1 atom stereocenters. The Morgan fingerprint density at radius 1 is 1.42 bits per heavy atom. The van der Waals surface area contributed by atoms with E-state index in [-0.39, 0.29) is 12.1 Å². The van der Waals surface area contributed by atoms with E-state index in [4.69, 9.17) is 0 Å². The van der Waals surface area contributed by atoms with Crippen LogP contribution in [-0.4, -0.2) is 44.3 Å². The molecule has 7 nitrogen and oxygen atoms in total. The van der Waals surface area contributed by atoms with Gasteiger partial charge in [-0.3, -0.25) is 4.68 Å². The molecule has 7 heteroatoms. The number of H-pyrrole nitrogens is 1. The van der Waals surface area contributed by atoms with Gasteiger partial charge in [-0.1, -0.05) is 6.92 Å². The molecule has 0 aliphatic rings. The summed E-state index contributed by atoms with van der Waals surface area (Å²) in [5.74, 6) is 0.805. The Labute approximate surface area is 143 Å². The van der Waals surface area contributed by atoms with E-state index >= 15 is 0 Å². The van der Waals surface area contributed by atoms with Gasteiger partial charge in [0.05, 0.1) is 11.7 Å². The first-order valence-corrected chi connectivity index (χ1v) is 8.45. The van der Waals surface area contributed by atoms with Crippen molar-refractivity contribution in [2.75, 3.05) is 13.6 Å². The van der Waals surface area contributed by atoms with Crippen LogP contribution < -0.4 is 5.32 Å². The largest absolute Gasteiger partial charge is 0.344 e. The van der Waals surface area contributed by atoms with Crippen LogP contribution in [0.5, 0.6) is 0 Å². The van der Waals surface area contributed by atoms with E-state index in [0.29, 0.717) is 6.54 Å². The van der Waals surface area contributed by atoms with Crippen molar-refractivity contribution in [1.29, 1.82) is 0 Å². The second kappa shape index (κ2) is 7.99. The number of aromatic amines is 1. The van der Waals surface area contributed by atoms with E-state index in [1.54, 1.807) is 11.1 Å². The molecule has 0 unspecified atom stereocenters. The molecule has 2 N–H and O–H groups in total. The van der Waals surface area contributed by atoms with Gasteiger partial charge in [0, 0.05) is 37.7 Å². The van der Waals surface area contributed by atoms with Crippen molar-refractivity contribution in [3.63, 3.8) is 0 Å². The molecule has 0 spiro atoms. The number of carbonyl (C=O) groups is 1. The lowest BCUT2D eigenvalue weighted by Crippen LogP contribution is -2.40. The summed E-state index contributed by atoms with van der Waals surface area (Å²) in [7, 11) is 1.82. The van der Waals surface area contributed by atoms with Gasteiger partial charge >= 0.3 is 6.03 Å². The van der Waals surface area contributed by atoms with E-state index in [9.17, 15) is 4.79 Å². The summed E-state index contributed by atoms with van der Waals surface area (Å²) in [5, 5.41) is 7.47. The quantitative estimate of drug-likeness (QED) is 0.818. The van der Waals surface area contributed by atoms with Crippen molar-refractivity contribution in [2.45, 2.75) is 53.1 Å². The minimum atomic E-state index is -0.0929. The lowest BCUT2D eigenvalue weighted by atomic mass is 10.2. The standard InChI is InChI=1S/C17H28N6O/c1-6-15(16-18-11-13(3)19-16)20-17(24)22(5)8-7-9-23-14(4)10-12(2)21-23/h10-11,15H,6-9H2,1-5H3,(H,18,19)(H,20,24)/t15-/m0/s1. The minimum absolute atomic E-state index is 0.0794.